The maximum absolute atomic E-state index is 12.9. The van der Waals surface area contributed by atoms with E-state index in [1.165, 1.54) is 6.33 Å². The molecule has 3 rings (SSSR count). The lowest BCUT2D eigenvalue weighted by Gasteiger charge is -2.17. The molecule has 8 heteroatoms. The SMILES string of the molecule is CCOc1cc(C(=O)NCc2cc(-c3ccc(OC)cc3)ncn2)cc(OCC)c1OCC. The second-order valence-electron chi connectivity index (χ2n) is 6.91. The monoisotopic (exact) mass is 451 g/mol. The van der Waals surface area contributed by atoms with Crippen molar-refractivity contribution in [1.82, 2.24) is 15.3 Å². The Morgan fingerprint density at radius 1 is 0.879 bits per heavy atom. The van der Waals surface area contributed by atoms with Crippen molar-refractivity contribution in [2.45, 2.75) is 27.3 Å². The zero-order chi connectivity index (χ0) is 23.6. The molecule has 0 aliphatic carbocycles. The molecule has 1 amide bonds. The molecule has 1 aromatic heterocycles. The van der Waals surface area contributed by atoms with Crippen LogP contribution < -0.4 is 24.3 Å². The molecular formula is C25H29N3O5. The summed E-state index contributed by atoms with van der Waals surface area (Å²) >= 11 is 0. The Morgan fingerprint density at radius 2 is 1.52 bits per heavy atom. The van der Waals surface area contributed by atoms with Gasteiger partial charge >= 0.3 is 0 Å². The van der Waals surface area contributed by atoms with E-state index in [-0.39, 0.29) is 12.5 Å². The van der Waals surface area contributed by atoms with E-state index in [0.29, 0.717) is 48.3 Å². The molecule has 0 saturated heterocycles. The molecule has 0 aliphatic rings. The van der Waals surface area contributed by atoms with E-state index >= 15 is 0 Å². The van der Waals surface area contributed by atoms with Crippen molar-refractivity contribution in [3.8, 4) is 34.3 Å². The van der Waals surface area contributed by atoms with Gasteiger partial charge in [-0.1, -0.05) is 0 Å². The minimum absolute atomic E-state index is 0.242. The lowest BCUT2D eigenvalue weighted by Crippen LogP contribution is -2.23. The number of carbonyl (C=O) groups is 1. The molecule has 174 valence electrons. The van der Waals surface area contributed by atoms with Crippen molar-refractivity contribution in [3.05, 3.63) is 60.0 Å². The van der Waals surface area contributed by atoms with Crippen LogP contribution in [-0.4, -0.2) is 42.8 Å². The van der Waals surface area contributed by atoms with Gasteiger partial charge in [0.15, 0.2) is 11.5 Å². The third-order valence-electron chi connectivity index (χ3n) is 4.71. The molecule has 0 spiro atoms. The van der Waals surface area contributed by atoms with Crippen LogP contribution in [0.5, 0.6) is 23.0 Å². The highest BCUT2D eigenvalue weighted by Crippen LogP contribution is 2.39. The van der Waals surface area contributed by atoms with E-state index in [0.717, 1.165) is 17.0 Å². The van der Waals surface area contributed by atoms with E-state index in [4.69, 9.17) is 18.9 Å². The summed E-state index contributed by atoms with van der Waals surface area (Å²) in [6.07, 6.45) is 1.48. The van der Waals surface area contributed by atoms with E-state index in [2.05, 4.69) is 15.3 Å². The summed E-state index contributed by atoms with van der Waals surface area (Å²) in [5.41, 5.74) is 2.79. The number of benzene rings is 2. The normalized spacial score (nSPS) is 10.4. The molecule has 1 N–H and O–H groups in total. The molecule has 2 aromatic carbocycles. The van der Waals surface area contributed by atoms with E-state index < -0.39 is 0 Å². The van der Waals surface area contributed by atoms with Gasteiger partial charge in [0.2, 0.25) is 5.75 Å². The molecule has 8 nitrogen and oxygen atoms in total. The highest BCUT2D eigenvalue weighted by atomic mass is 16.5. The van der Waals surface area contributed by atoms with Crippen molar-refractivity contribution >= 4 is 5.91 Å². The van der Waals surface area contributed by atoms with Crippen LogP contribution in [0, 0.1) is 0 Å². The Balaban J connectivity index is 1.77. The lowest BCUT2D eigenvalue weighted by atomic mass is 10.1. The first-order chi connectivity index (χ1) is 16.1. The maximum Gasteiger partial charge on any atom is 0.251 e. The largest absolute Gasteiger partial charge is 0.497 e. The molecule has 1 heterocycles. The first-order valence-electron chi connectivity index (χ1n) is 10.9. The number of carbonyl (C=O) groups excluding carboxylic acids is 1. The van der Waals surface area contributed by atoms with E-state index in [9.17, 15) is 4.79 Å². The summed E-state index contributed by atoms with van der Waals surface area (Å²) in [7, 11) is 1.62. The molecule has 0 aliphatic heterocycles. The first kappa shape index (κ1) is 23.8. The van der Waals surface area contributed by atoms with Crippen molar-refractivity contribution in [1.29, 1.82) is 0 Å². The fourth-order valence-electron chi connectivity index (χ4n) is 3.21. The van der Waals surface area contributed by atoms with Gasteiger partial charge in [-0.3, -0.25) is 4.79 Å². The minimum atomic E-state index is -0.274. The molecule has 0 saturated carbocycles. The number of nitrogens with one attached hydrogen (secondary N) is 1. The van der Waals surface area contributed by atoms with Crippen LogP contribution in [0.4, 0.5) is 0 Å². The molecule has 0 fully saturated rings. The molecule has 0 radical (unpaired) electrons. The average molecular weight is 452 g/mol. The Bertz CT molecular complexity index is 1040. The van der Waals surface area contributed by atoms with Crippen molar-refractivity contribution in [2.75, 3.05) is 26.9 Å². The molecular weight excluding hydrogens is 422 g/mol. The number of methoxy groups -OCH3 is 1. The number of aromatic nitrogens is 2. The van der Waals surface area contributed by atoms with E-state index in [1.807, 2.05) is 51.1 Å². The van der Waals surface area contributed by atoms with Crippen LogP contribution >= 0.6 is 0 Å². The minimum Gasteiger partial charge on any atom is -0.497 e. The third kappa shape index (κ3) is 6.12. The fourth-order valence-corrected chi connectivity index (χ4v) is 3.21. The number of ether oxygens (including phenoxy) is 4. The molecule has 0 bridgehead atoms. The summed E-state index contributed by atoms with van der Waals surface area (Å²) in [4.78, 5) is 21.5. The molecule has 0 atom stereocenters. The lowest BCUT2D eigenvalue weighted by molar-refractivity contribution is 0.0949. The van der Waals surface area contributed by atoms with Gasteiger partial charge in [-0.25, -0.2) is 9.97 Å². The highest BCUT2D eigenvalue weighted by Gasteiger charge is 2.18. The Kier molecular flexibility index (Phi) is 8.46. The number of hydrogen-bond donors (Lipinski definition) is 1. The second kappa shape index (κ2) is 11.7. The summed E-state index contributed by atoms with van der Waals surface area (Å²) in [6.45, 7) is 7.20. The Labute approximate surface area is 193 Å². The Morgan fingerprint density at radius 3 is 2.09 bits per heavy atom. The summed E-state index contributed by atoms with van der Waals surface area (Å²) in [5, 5.41) is 2.90. The van der Waals surface area contributed by atoms with Gasteiger partial charge in [0.1, 0.15) is 12.1 Å². The first-order valence-corrected chi connectivity index (χ1v) is 10.9. The van der Waals surface area contributed by atoms with Crippen LogP contribution in [0.15, 0.2) is 48.8 Å². The van der Waals surface area contributed by atoms with Crippen molar-refractivity contribution in [3.63, 3.8) is 0 Å². The summed E-state index contributed by atoms with van der Waals surface area (Å²) in [6, 6.07) is 12.8. The standard InChI is InChI=1S/C25H29N3O5/c1-5-31-22-12-18(13-23(32-6-2)24(22)33-7-3)25(29)26-15-19-14-21(28-16-27-19)17-8-10-20(30-4)11-9-17/h8-14,16H,5-7,15H2,1-4H3,(H,26,29). The smallest absolute Gasteiger partial charge is 0.251 e. The third-order valence-corrected chi connectivity index (χ3v) is 4.71. The van der Waals surface area contributed by atoms with Gasteiger partial charge in [0.05, 0.1) is 44.9 Å². The predicted octanol–water partition coefficient (Wildman–Crippen LogP) is 4.28. The van der Waals surface area contributed by atoms with Crippen molar-refractivity contribution in [2.24, 2.45) is 0 Å². The van der Waals surface area contributed by atoms with E-state index in [1.54, 1.807) is 19.2 Å². The van der Waals surface area contributed by atoms with Crippen LogP contribution in [0.3, 0.4) is 0 Å². The van der Waals surface area contributed by atoms with Gasteiger partial charge < -0.3 is 24.3 Å². The van der Waals surface area contributed by atoms with Crippen LogP contribution in [0.25, 0.3) is 11.3 Å². The Hall–Kier alpha value is -3.81. The molecule has 33 heavy (non-hydrogen) atoms. The van der Waals surface area contributed by atoms with Gasteiger partial charge in [-0.2, -0.15) is 0 Å². The number of rotatable bonds is 11. The highest BCUT2D eigenvalue weighted by molar-refractivity contribution is 5.95. The number of nitrogens with zero attached hydrogens (tertiary/aromatic N) is 2. The van der Waals surface area contributed by atoms with Crippen LogP contribution in [0.1, 0.15) is 36.8 Å². The quantitative estimate of drug-likeness (QED) is 0.465. The fraction of sp³-hybridized carbons (Fsp3) is 0.320. The predicted molar refractivity (Wildman–Crippen MR) is 125 cm³/mol. The zero-order valence-corrected chi connectivity index (χ0v) is 19.4. The molecule has 3 aromatic rings. The summed E-state index contributed by atoms with van der Waals surface area (Å²) in [5.74, 6) is 1.94. The summed E-state index contributed by atoms with van der Waals surface area (Å²) < 4.78 is 22.3. The number of amides is 1. The number of hydrogen-bond acceptors (Lipinski definition) is 7. The topological polar surface area (TPSA) is 91.8 Å². The van der Waals surface area contributed by atoms with Crippen molar-refractivity contribution < 1.29 is 23.7 Å². The van der Waals surface area contributed by atoms with Crippen LogP contribution in [-0.2, 0) is 6.54 Å². The second-order valence-corrected chi connectivity index (χ2v) is 6.91. The van der Waals surface area contributed by atoms with Gasteiger partial charge in [0, 0.05) is 11.1 Å². The van der Waals surface area contributed by atoms with Crippen LogP contribution in [0.2, 0.25) is 0 Å². The molecule has 0 unspecified atom stereocenters. The van der Waals surface area contributed by atoms with Gasteiger partial charge in [-0.05, 0) is 63.2 Å². The average Bonchev–Trinajstić information content (AvgIpc) is 2.85. The zero-order valence-electron chi connectivity index (χ0n) is 19.4. The maximum atomic E-state index is 12.9. The van der Waals surface area contributed by atoms with Gasteiger partial charge in [-0.15, -0.1) is 0 Å². The van der Waals surface area contributed by atoms with Gasteiger partial charge in [0.25, 0.3) is 5.91 Å².